The first-order valence-electron chi connectivity index (χ1n) is 5.69. The van der Waals surface area contributed by atoms with Crippen molar-refractivity contribution in [1.82, 2.24) is 10.2 Å². The maximum absolute atomic E-state index is 11.6. The molecule has 94 valence electrons. The Hall–Kier alpha value is -1.55. The molecule has 17 heavy (non-hydrogen) atoms. The normalized spacial score (nSPS) is 10.1. The highest BCUT2D eigenvalue weighted by Gasteiger charge is 2.08. The van der Waals surface area contributed by atoms with Crippen molar-refractivity contribution < 1.29 is 4.79 Å². The minimum Gasteiger partial charge on any atom is -0.378 e. The van der Waals surface area contributed by atoms with Gasteiger partial charge in [0.1, 0.15) is 0 Å². The van der Waals surface area contributed by atoms with Crippen LogP contribution in [0.15, 0.2) is 24.3 Å². The van der Waals surface area contributed by atoms with Gasteiger partial charge in [-0.2, -0.15) is 0 Å². The van der Waals surface area contributed by atoms with E-state index >= 15 is 0 Å². The number of rotatable bonds is 5. The molecule has 1 rings (SSSR count). The van der Waals surface area contributed by atoms with E-state index in [9.17, 15) is 4.79 Å². The predicted molar refractivity (Wildman–Crippen MR) is 71.2 cm³/mol. The molecule has 0 aromatic heterocycles. The van der Waals surface area contributed by atoms with Crippen LogP contribution < -0.4 is 10.2 Å². The van der Waals surface area contributed by atoms with Crippen molar-refractivity contribution in [1.29, 1.82) is 0 Å². The fourth-order valence-electron chi connectivity index (χ4n) is 1.58. The van der Waals surface area contributed by atoms with E-state index in [1.54, 1.807) is 11.9 Å². The molecule has 1 aromatic carbocycles. The molecule has 0 bridgehead atoms. The van der Waals surface area contributed by atoms with Gasteiger partial charge in [0.25, 0.3) is 0 Å². The maximum Gasteiger partial charge on any atom is 0.236 e. The second-order valence-electron chi connectivity index (χ2n) is 4.34. The number of carbonyl (C=O) groups excluding carboxylic acids is 1. The Bertz CT molecular complexity index is 377. The lowest BCUT2D eigenvalue weighted by atomic mass is 10.2. The van der Waals surface area contributed by atoms with E-state index < -0.39 is 0 Å². The van der Waals surface area contributed by atoms with Crippen LogP contribution in [0.2, 0.25) is 0 Å². The molecule has 0 unspecified atom stereocenters. The number of hydrogen-bond donors (Lipinski definition) is 1. The number of nitrogens with zero attached hydrogens (tertiary/aromatic N) is 2. The van der Waals surface area contributed by atoms with Gasteiger partial charge in [0.15, 0.2) is 0 Å². The monoisotopic (exact) mass is 235 g/mol. The molecule has 4 heteroatoms. The van der Waals surface area contributed by atoms with Crippen molar-refractivity contribution >= 4 is 11.6 Å². The van der Waals surface area contributed by atoms with Crippen molar-refractivity contribution in [3.63, 3.8) is 0 Å². The summed E-state index contributed by atoms with van der Waals surface area (Å²) in [5, 5.41) is 2.86. The molecule has 0 fully saturated rings. The maximum atomic E-state index is 11.6. The molecule has 0 aliphatic carbocycles. The van der Waals surface area contributed by atoms with Gasteiger partial charge in [0, 0.05) is 33.4 Å². The van der Waals surface area contributed by atoms with E-state index in [0.717, 1.165) is 11.3 Å². The molecular formula is C13H21N3O. The van der Waals surface area contributed by atoms with Crippen molar-refractivity contribution in [3.8, 4) is 0 Å². The molecule has 0 heterocycles. The van der Waals surface area contributed by atoms with Gasteiger partial charge in [-0.05, 0) is 24.7 Å². The number of nitrogens with one attached hydrogen (secondary N) is 1. The van der Waals surface area contributed by atoms with Crippen LogP contribution in [0.25, 0.3) is 0 Å². The summed E-state index contributed by atoms with van der Waals surface area (Å²) in [7, 11) is 7.62. The number of anilines is 1. The van der Waals surface area contributed by atoms with Gasteiger partial charge in [-0.1, -0.05) is 12.1 Å². The van der Waals surface area contributed by atoms with Crippen LogP contribution in [-0.2, 0) is 11.3 Å². The van der Waals surface area contributed by atoms with Crippen LogP contribution in [0.5, 0.6) is 0 Å². The summed E-state index contributed by atoms with van der Waals surface area (Å²) in [6.07, 6.45) is 0. The topological polar surface area (TPSA) is 35.6 Å². The fraction of sp³-hybridized carbons (Fsp3) is 0.462. The van der Waals surface area contributed by atoms with Crippen molar-refractivity contribution in [2.24, 2.45) is 0 Å². The molecule has 0 spiro atoms. The van der Waals surface area contributed by atoms with E-state index in [1.807, 2.05) is 33.3 Å². The molecule has 0 aliphatic rings. The number of benzene rings is 1. The molecule has 1 aromatic rings. The van der Waals surface area contributed by atoms with Gasteiger partial charge in [-0.3, -0.25) is 4.79 Å². The standard InChI is InChI=1S/C13H21N3O/c1-14-9-13(17)16(4)10-11-6-5-7-12(8-11)15(2)3/h5-8,14H,9-10H2,1-4H3. The quantitative estimate of drug-likeness (QED) is 0.824. The summed E-state index contributed by atoms with van der Waals surface area (Å²) in [5.74, 6) is 0.0998. The molecule has 0 radical (unpaired) electrons. The number of likely N-dealkylation sites (N-methyl/N-ethyl adjacent to an activating group) is 2. The Kier molecular flexibility index (Phi) is 4.97. The van der Waals surface area contributed by atoms with Gasteiger partial charge in [-0.15, -0.1) is 0 Å². The fourth-order valence-corrected chi connectivity index (χ4v) is 1.58. The highest BCUT2D eigenvalue weighted by atomic mass is 16.2. The second kappa shape index (κ2) is 6.25. The van der Waals surface area contributed by atoms with Gasteiger partial charge in [-0.25, -0.2) is 0 Å². The lowest BCUT2D eigenvalue weighted by Crippen LogP contribution is -2.33. The van der Waals surface area contributed by atoms with Crippen LogP contribution in [0.4, 0.5) is 5.69 Å². The third-order valence-electron chi connectivity index (χ3n) is 2.60. The second-order valence-corrected chi connectivity index (χ2v) is 4.34. The third-order valence-corrected chi connectivity index (χ3v) is 2.60. The molecule has 1 amide bonds. The lowest BCUT2D eigenvalue weighted by Gasteiger charge is -2.19. The van der Waals surface area contributed by atoms with Crippen LogP contribution in [0.1, 0.15) is 5.56 Å². The summed E-state index contributed by atoms with van der Waals surface area (Å²) in [6, 6.07) is 8.21. The van der Waals surface area contributed by atoms with Crippen molar-refractivity contribution in [2.45, 2.75) is 6.54 Å². The number of carbonyl (C=O) groups is 1. The summed E-state index contributed by atoms with van der Waals surface area (Å²) in [4.78, 5) is 15.4. The average Bonchev–Trinajstić information content (AvgIpc) is 2.29. The van der Waals surface area contributed by atoms with E-state index in [0.29, 0.717) is 13.1 Å². The highest BCUT2D eigenvalue weighted by Crippen LogP contribution is 2.14. The molecule has 0 saturated carbocycles. The minimum absolute atomic E-state index is 0.0998. The first-order valence-corrected chi connectivity index (χ1v) is 5.69. The first-order chi connectivity index (χ1) is 8.04. The molecule has 4 nitrogen and oxygen atoms in total. The van der Waals surface area contributed by atoms with E-state index in [2.05, 4.69) is 22.3 Å². The summed E-state index contributed by atoms with van der Waals surface area (Å²) >= 11 is 0. The Labute approximate surface area is 103 Å². The average molecular weight is 235 g/mol. The van der Waals surface area contributed by atoms with Crippen LogP contribution in [0.3, 0.4) is 0 Å². The minimum atomic E-state index is 0.0998. The molecule has 1 N–H and O–H groups in total. The predicted octanol–water partition coefficient (Wildman–Crippen LogP) is 0.930. The Balaban J connectivity index is 2.68. The zero-order chi connectivity index (χ0) is 12.8. The molecular weight excluding hydrogens is 214 g/mol. The smallest absolute Gasteiger partial charge is 0.236 e. The van der Waals surface area contributed by atoms with E-state index in [1.165, 1.54) is 0 Å². The number of hydrogen-bond acceptors (Lipinski definition) is 3. The van der Waals surface area contributed by atoms with Gasteiger partial charge in [0.05, 0.1) is 6.54 Å². The Morgan fingerprint density at radius 1 is 1.29 bits per heavy atom. The lowest BCUT2D eigenvalue weighted by molar-refractivity contribution is -0.129. The van der Waals surface area contributed by atoms with Crippen molar-refractivity contribution in [3.05, 3.63) is 29.8 Å². The summed E-state index contributed by atoms with van der Waals surface area (Å²) < 4.78 is 0. The van der Waals surface area contributed by atoms with E-state index in [4.69, 9.17) is 0 Å². The summed E-state index contributed by atoms with van der Waals surface area (Å²) in [6.45, 7) is 1.02. The molecule has 0 saturated heterocycles. The molecule has 0 aliphatic heterocycles. The van der Waals surface area contributed by atoms with Gasteiger partial charge in [0.2, 0.25) is 5.91 Å². The molecule has 0 atom stereocenters. The van der Waals surface area contributed by atoms with Crippen LogP contribution in [-0.4, -0.2) is 45.5 Å². The zero-order valence-electron chi connectivity index (χ0n) is 11.0. The first kappa shape index (κ1) is 13.5. The highest BCUT2D eigenvalue weighted by molar-refractivity contribution is 5.77. The zero-order valence-corrected chi connectivity index (χ0v) is 11.0. The van der Waals surface area contributed by atoms with Crippen LogP contribution >= 0.6 is 0 Å². The van der Waals surface area contributed by atoms with E-state index in [-0.39, 0.29) is 5.91 Å². The Morgan fingerprint density at radius 2 is 2.00 bits per heavy atom. The summed E-state index contributed by atoms with van der Waals surface area (Å²) in [5.41, 5.74) is 2.29. The van der Waals surface area contributed by atoms with Gasteiger partial charge >= 0.3 is 0 Å². The van der Waals surface area contributed by atoms with Crippen molar-refractivity contribution in [2.75, 3.05) is 39.6 Å². The largest absolute Gasteiger partial charge is 0.378 e. The number of amides is 1. The van der Waals surface area contributed by atoms with Gasteiger partial charge < -0.3 is 15.1 Å². The SMILES string of the molecule is CNCC(=O)N(C)Cc1cccc(N(C)C)c1. The Morgan fingerprint density at radius 3 is 2.59 bits per heavy atom. The van der Waals surface area contributed by atoms with Crippen LogP contribution in [0, 0.1) is 0 Å². The third kappa shape index (κ3) is 4.07.